The predicted molar refractivity (Wildman–Crippen MR) is 119 cm³/mol. The van der Waals surface area contributed by atoms with Gasteiger partial charge in [0.2, 0.25) is 6.41 Å². The summed E-state index contributed by atoms with van der Waals surface area (Å²) in [4.78, 5) is 22.6. The normalized spacial score (nSPS) is 20.3. The van der Waals surface area contributed by atoms with E-state index in [2.05, 4.69) is 21.8 Å². The summed E-state index contributed by atoms with van der Waals surface area (Å²) in [6.45, 7) is 0. The van der Waals surface area contributed by atoms with E-state index in [-0.39, 0.29) is 23.8 Å². The Kier molecular flexibility index (Phi) is 5.94. The number of amides is 2. The van der Waals surface area contributed by atoms with Gasteiger partial charge in [0.25, 0.3) is 5.91 Å². The summed E-state index contributed by atoms with van der Waals surface area (Å²) in [6, 6.07) is 14.4. The Balaban J connectivity index is 1.46. The maximum Gasteiger partial charge on any atom is 0.254 e. The van der Waals surface area contributed by atoms with Gasteiger partial charge in [-0.2, -0.15) is 10.4 Å². The maximum atomic E-state index is 11.7. The average Bonchev–Trinajstić information content (AvgIpc) is 3.47. The first-order chi connectivity index (χ1) is 15.5. The van der Waals surface area contributed by atoms with Gasteiger partial charge >= 0.3 is 0 Å². The molecule has 1 aliphatic carbocycles. The van der Waals surface area contributed by atoms with Gasteiger partial charge in [0.1, 0.15) is 11.3 Å². The highest BCUT2D eigenvalue weighted by atomic mass is 16.3. The topological polar surface area (TPSA) is 139 Å². The van der Waals surface area contributed by atoms with Gasteiger partial charge in [-0.15, -0.1) is 0 Å². The van der Waals surface area contributed by atoms with Crippen molar-refractivity contribution < 1.29 is 14.0 Å². The van der Waals surface area contributed by atoms with Crippen molar-refractivity contribution in [2.24, 2.45) is 5.73 Å². The second-order valence-electron chi connectivity index (χ2n) is 7.99. The van der Waals surface area contributed by atoms with Crippen molar-refractivity contribution in [3.63, 3.8) is 0 Å². The molecule has 0 saturated heterocycles. The quantitative estimate of drug-likeness (QED) is 0.466. The molecule has 0 bridgehead atoms. The zero-order valence-corrected chi connectivity index (χ0v) is 17.5. The minimum absolute atomic E-state index is 0.113. The van der Waals surface area contributed by atoms with Gasteiger partial charge in [0.15, 0.2) is 5.82 Å². The maximum absolute atomic E-state index is 11.7. The summed E-state index contributed by atoms with van der Waals surface area (Å²) in [5.74, 6) is 0.260. The number of hydrogen-bond donors (Lipinski definition) is 3. The molecule has 2 aromatic heterocycles. The van der Waals surface area contributed by atoms with Crippen molar-refractivity contribution >= 4 is 23.8 Å². The predicted octanol–water partition coefficient (Wildman–Crippen LogP) is 3.47. The van der Waals surface area contributed by atoms with Crippen LogP contribution in [0, 0.1) is 11.3 Å². The van der Waals surface area contributed by atoms with Crippen LogP contribution in [-0.2, 0) is 10.3 Å². The molecule has 2 heterocycles. The molecule has 0 spiro atoms. The number of hydrogen-bond acceptors (Lipinski definition) is 6. The van der Waals surface area contributed by atoms with E-state index in [0.717, 1.165) is 29.9 Å². The smallest absolute Gasteiger partial charge is 0.254 e. The summed E-state index contributed by atoms with van der Waals surface area (Å²) in [6.07, 6.45) is 6.93. The van der Waals surface area contributed by atoms with Crippen molar-refractivity contribution in [1.82, 2.24) is 9.78 Å². The fourth-order valence-corrected chi connectivity index (χ4v) is 4.30. The van der Waals surface area contributed by atoms with Crippen LogP contribution in [0.15, 0.2) is 53.3 Å². The number of rotatable bonds is 8. The lowest BCUT2D eigenvalue weighted by Gasteiger charge is -2.39. The molecule has 0 unspecified atom stereocenters. The van der Waals surface area contributed by atoms with Gasteiger partial charge in [0, 0.05) is 23.5 Å². The largest absolute Gasteiger partial charge is 0.464 e. The molecule has 9 heteroatoms. The number of anilines is 2. The van der Waals surface area contributed by atoms with E-state index in [0.29, 0.717) is 19.3 Å². The number of nitrogens with two attached hydrogens (primary N) is 1. The summed E-state index contributed by atoms with van der Waals surface area (Å²) in [7, 11) is 0. The molecular weight excluding hydrogens is 408 g/mol. The third kappa shape index (κ3) is 4.21. The molecule has 4 rings (SSSR count). The Bertz CT molecular complexity index is 1120. The molecule has 0 atom stereocenters. The van der Waals surface area contributed by atoms with Gasteiger partial charge in [-0.25, -0.2) is 0 Å². The molecule has 0 radical (unpaired) electrons. The minimum Gasteiger partial charge on any atom is -0.464 e. The molecule has 32 heavy (non-hydrogen) atoms. The number of nitrogens with zero attached hydrogens (tertiary/aromatic N) is 3. The highest BCUT2D eigenvalue weighted by Crippen LogP contribution is 2.39. The zero-order valence-electron chi connectivity index (χ0n) is 17.5. The van der Waals surface area contributed by atoms with Gasteiger partial charge in [-0.05, 0) is 62.1 Å². The van der Waals surface area contributed by atoms with Crippen LogP contribution >= 0.6 is 0 Å². The second kappa shape index (κ2) is 8.98. The molecule has 1 aliphatic rings. The fourth-order valence-electron chi connectivity index (χ4n) is 4.30. The van der Waals surface area contributed by atoms with Crippen LogP contribution in [0.4, 0.5) is 11.5 Å². The van der Waals surface area contributed by atoms with Crippen LogP contribution in [-0.4, -0.2) is 28.1 Å². The number of benzene rings is 1. The third-order valence-corrected chi connectivity index (χ3v) is 6.05. The monoisotopic (exact) mass is 432 g/mol. The van der Waals surface area contributed by atoms with Crippen molar-refractivity contribution in [3.8, 4) is 17.4 Å². The Labute approximate surface area is 185 Å². The SMILES string of the molecule is N#CCC1(n2cc(C(N)=O)c(NC=O)n2)CCC(Nc2ccc(-c3ccco3)cc2)CC1. The third-order valence-electron chi connectivity index (χ3n) is 6.05. The van der Waals surface area contributed by atoms with Crippen molar-refractivity contribution in [3.05, 3.63) is 54.4 Å². The van der Waals surface area contributed by atoms with Gasteiger partial charge in [0.05, 0.1) is 24.3 Å². The lowest BCUT2D eigenvalue weighted by Crippen LogP contribution is -2.41. The molecular formula is C23H24N6O3. The summed E-state index contributed by atoms with van der Waals surface area (Å²) in [5, 5.41) is 19.8. The lowest BCUT2D eigenvalue weighted by atomic mass is 9.77. The average molecular weight is 432 g/mol. The summed E-state index contributed by atoms with van der Waals surface area (Å²) >= 11 is 0. The molecule has 4 N–H and O–H groups in total. The van der Waals surface area contributed by atoms with E-state index in [4.69, 9.17) is 10.2 Å². The number of furan rings is 1. The minimum atomic E-state index is -0.680. The molecule has 1 aromatic carbocycles. The Morgan fingerprint density at radius 2 is 2.06 bits per heavy atom. The van der Waals surface area contributed by atoms with Crippen LogP contribution in [0.3, 0.4) is 0 Å². The van der Waals surface area contributed by atoms with Gasteiger partial charge in [-0.3, -0.25) is 14.3 Å². The molecule has 0 aliphatic heterocycles. The highest BCUT2D eigenvalue weighted by molar-refractivity contribution is 5.99. The molecule has 3 aromatic rings. The van der Waals surface area contributed by atoms with E-state index in [9.17, 15) is 14.9 Å². The Morgan fingerprint density at radius 1 is 1.31 bits per heavy atom. The summed E-state index contributed by atoms with van der Waals surface area (Å²) < 4.78 is 7.07. The first-order valence-corrected chi connectivity index (χ1v) is 10.4. The van der Waals surface area contributed by atoms with E-state index in [1.54, 1.807) is 10.9 Å². The number of carbonyl (C=O) groups is 2. The number of primary amides is 1. The first-order valence-electron chi connectivity index (χ1n) is 10.4. The molecule has 164 valence electrons. The Morgan fingerprint density at radius 3 is 2.66 bits per heavy atom. The number of nitriles is 1. The van der Waals surface area contributed by atoms with Crippen LogP contribution in [0.25, 0.3) is 11.3 Å². The lowest BCUT2D eigenvalue weighted by molar-refractivity contribution is -0.105. The molecule has 9 nitrogen and oxygen atoms in total. The van der Waals surface area contributed by atoms with Crippen LogP contribution < -0.4 is 16.4 Å². The Hall–Kier alpha value is -4.06. The van der Waals surface area contributed by atoms with Crippen molar-refractivity contribution in [2.75, 3.05) is 10.6 Å². The van der Waals surface area contributed by atoms with Crippen LogP contribution in [0.1, 0.15) is 42.5 Å². The molecule has 1 fully saturated rings. The number of nitrogens with one attached hydrogen (secondary N) is 2. The van der Waals surface area contributed by atoms with Crippen molar-refractivity contribution in [1.29, 1.82) is 5.26 Å². The van der Waals surface area contributed by atoms with Crippen molar-refractivity contribution in [2.45, 2.75) is 43.7 Å². The van der Waals surface area contributed by atoms with E-state index in [1.165, 1.54) is 6.20 Å². The number of carbonyl (C=O) groups excluding carboxylic acids is 2. The number of aromatic nitrogens is 2. The second-order valence-corrected chi connectivity index (χ2v) is 7.99. The highest BCUT2D eigenvalue weighted by Gasteiger charge is 2.38. The van der Waals surface area contributed by atoms with Gasteiger partial charge in [-0.1, -0.05) is 0 Å². The van der Waals surface area contributed by atoms with E-state index < -0.39 is 11.4 Å². The summed E-state index contributed by atoms with van der Waals surface area (Å²) in [5.41, 5.74) is 7.04. The zero-order chi connectivity index (χ0) is 22.6. The first kappa shape index (κ1) is 21.2. The standard InChI is InChI=1S/C23H24N6O3/c24-12-11-23(29-14-19(21(25)31)22(28-29)26-15-30)9-7-18(8-10-23)27-17-5-3-16(4-6-17)20-2-1-13-32-20/h1-6,13-15,18,27H,7-11H2,(H2,25,31)(H,26,28,30). The van der Waals surface area contributed by atoms with Gasteiger partial charge < -0.3 is 20.8 Å². The molecule has 1 saturated carbocycles. The molecule has 2 amide bonds. The fraction of sp³-hybridized carbons (Fsp3) is 0.304. The van der Waals surface area contributed by atoms with E-state index in [1.807, 2.05) is 36.4 Å². The van der Waals surface area contributed by atoms with Crippen LogP contribution in [0.2, 0.25) is 0 Å². The van der Waals surface area contributed by atoms with E-state index >= 15 is 0 Å². The van der Waals surface area contributed by atoms with Crippen LogP contribution in [0.5, 0.6) is 0 Å².